The monoisotopic (exact) mass is 278 g/mol. The number of urea groups is 1. The Kier molecular flexibility index (Phi) is 6.56. The van der Waals surface area contributed by atoms with Crippen molar-refractivity contribution in [3.05, 3.63) is 29.8 Å². The van der Waals surface area contributed by atoms with E-state index in [1.807, 2.05) is 0 Å². The van der Waals surface area contributed by atoms with Crippen molar-refractivity contribution in [3.8, 4) is 0 Å². The molecule has 0 aliphatic heterocycles. The highest BCUT2D eigenvalue weighted by molar-refractivity contribution is 5.90. The lowest BCUT2D eigenvalue weighted by Crippen LogP contribution is -2.33. The maximum atomic E-state index is 11.8. The van der Waals surface area contributed by atoms with Crippen LogP contribution in [-0.4, -0.2) is 23.7 Å². The van der Waals surface area contributed by atoms with Gasteiger partial charge in [0.15, 0.2) is 0 Å². The zero-order valence-corrected chi connectivity index (χ0v) is 12.0. The fourth-order valence-corrected chi connectivity index (χ4v) is 1.94. The first kappa shape index (κ1) is 16.0. The Balaban J connectivity index is 2.59. The van der Waals surface area contributed by atoms with Crippen LogP contribution in [0.2, 0.25) is 0 Å². The van der Waals surface area contributed by atoms with E-state index < -0.39 is 5.97 Å². The Morgan fingerprint density at radius 1 is 1.20 bits per heavy atom. The molecule has 110 valence electrons. The normalized spacial score (nSPS) is 10.3. The van der Waals surface area contributed by atoms with Crippen LogP contribution in [0.4, 0.5) is 10.5 Å². The summed E-state index contributed by atoms with van der Waals surface area (Å²) >= 11 is 0. The maximum Gasteiger partial charge on any atom is 0.319 e. The smallest absolute Gasteiger partial charge is 0.319 e. The molecule has 0 aliphatic carbocycles. The standard InChI is InChI=1S/C15H22N2O3/c1-3-11(4-2)10-16-15(20)17-13-8-6-5-7-12(13)9-14(18)19/h5-8,11H,3-4,9-10H2,1-2H3,(H,18,19)(H2,16,17,20). The van der Waals surface area contributed by atoms with E-state index in [1.165, 1.54) is 0 Å². The van der Waals surface area contributed by atoms with E-state index in [-0.39, 0.29) is 12.5 Å². The second kappa shape index (κ2) is 8.19. The summed E-state index contributed by atoms with van der Waals surface area (Å²) in [7, 11) is 0. The summed E-state index contributed by atoms with van der Waals surface area (Å²) < 4.78 is 0. The molecular weight excluding hydrogens is 256 g/mol. The number of carboxylic acids is 1. The summed E-state index contributed by atoms with van der Waals surface area (Å²) in [5.41, 5.74) is 1.13. The van der Waals surface area contributed by atoms with E-state index in [0.717, 1.165) is 12.8 Å². The zero-order chi connectivity index (χ0) is 15.0. The van der Waals surface area contributed by atoms with Gasteiger partial charge in [0.25, 0.3) is 0 Å². The molecule has 5 nitrogen and oxygen atoms in total. The van der Waals surface area contributed by atoms with Gasteiger partial charge in [0.05, 0.1) is 6.42 Å². The van der Waals surface area contributed by atoms with Crippen LogP contribution in [0.1, 0.15) is 32.3 Å². The highest BCUT2D eigenvalue weighted by atomic mass is 16.4. The first-order valence-corrected chi connectivity index (χ1v) is 6.91. The van der Waals surface area contributed by atoms with Crippen LogP contribution in [0, 0.1) is 5.92 Å². The number of benzene rings is 1. The number of hydrogen-bond donors (Lipinski definition) is 3. The SMILES string of the molecule is CCC(CC)CNC(=O)Nc1ccccc1CC(=O)O. The predicted octanol–water partition coefficient (Wildman–Crippen LogP) is 2.87. The summed E-state index contributed by atoms with van der Waals surface area (Å²) in [6.07, 6.45) is 1.93. The summed E-state index contributed by atoms with van der Waals surface area (Å²) in [5, 5.41) is 14.4. The van der Waals surface area contributed by atoms with E-state index in [1.54, 1.807) is 24.3 Å². The van der Waals surface area contributed by atoms with E-state index in [2.05, 4.69) is 24.5 Å². The summed E-state index contributed by atoms with van der Waals surface area (Å²) in [6, 6.07) is 6.63. The summed E-state index contributed by atoms with van der Waals surface area (Å²) in [6.45, 7) is 4.81. The number of anilines is 1. The number of rotatable bonds is 7. The number of nitrogens with one attached hydrogen (secondary N) is 2. The molecule has 0 aromatic heterocycles. The van der Waals surface area contributed by atoms with Gasteiger partial charge in [-0.2, -0.15) is 0 Å². The van der Waals surface area contributed by atoms with Gasteiger partial charge in [0, 0.05) is 12.2 Å². The molecule has 0 atom stereocenters. The molecule has 1 rings (SSSR count). The molecular formula is C15H22N2O3. The van der Waals surface area contributed by atoms with Crippen molar-refractivity contribution >= 4 is 17.7 Å². The third-order valence-corrected chi connectivity index (χ3v) is 3.31. The topological polar surface area (TPSA) is 78.4 Å². The molecule has 0 bridgehead atoms. The van der Waals surface area contributed by atoms with Gasteiger partial charge in [-0.05, 0) is 17.5 Å². The predicted molar refractivity (Wildman–Crippen MR) is 78.9 cm³/mol. The van der Waals surface area contributed by atoms with Crippen LogP contribution in [0.3, 0.4) is 0 Å². The highest BCUT2D eigenvalue weighted by Gasteiger charge is 2.10. The first-order valence-electron chi connectivity index (χ1n) is 6.91. The lowest BCUT2D eigenvalue weighted by Gasteiger charge is -2.15. The van der Waals surface area contributed by atoms with Crippen molar-refractivity contribution in [3.63, 3.8) is 0 Å². The Morgan fingerprint density at radius 2 is 1.85 bits per heavy atom. The molecule has 5 heteroatoms. The third-order valence-electron chi connectivity index (χ3n) is 3.31. The van der Waals surface area contributed by atoms with Crippen molar-refractivity contribution < 1.29 is 14.7 Å². The van der Waals surface area contributed by atoms with Crippen molar-refractivity contribution in [1.29, 1.82) is 0 Å². The second-order valence-electron chi connectivity index (χ2n) is 4.75. The van der Waals surface area contributed by atoms with Gasteiger partial charge in [0.2, 0.25) is 0 Å². The van der Waals surface area contributed by atoms with Gasteiger partial charge < -0.3 is 15.7 Å². The molecule has 0 radical (unpaired) electrons. The second-order valence-corrected chi connectivity index (χ2v) is 4.75. The molecule has 0 saturated carbocycles. The number of amides is 2. The van der Waals surface area contributed by atoms with Crippen molar-refractivity contribution in [2.45, 2.75) is 33.1 Å². The van der Waals surface area contributed by atoms with E-state index >= 15 is 0 Å². The first-order chi connectivity index (χ1) is 9.56. The maximum absolute atomic E-state index is 11.8. The minimum absolute atomic E-state index is 0.108. The Morgan fingerprint density at radius 3 is 2.45 bits per heavy atom. The highest BCUT2D eigenvalue weighted by Crippen LogP contribution is 2.15. The molecule has 3 N–H and O–H groups in total. The number of hydrogen-bond acceptors (Lipinski definition) is 2. The molecule has 0 saturated heterocycles. The molecule has 0 fully saturated rings. The molecule has 0 unspecified atom stereocenters. The van der Waals surface area contributed by atoms with E-state index in [9.17, 15) is 9.59 Å². The Labute approximate surface area is 119 Å². The minimum atomic E-state index is -0.920. The lowest BCUT2D eigenvalue weighted by molar-refractivity contribution is -0.136. The summed E-state index contributed by atoms with van der Waals surface area (Å²) in [4.78, 5) is 22.6. The fourth-order valence-electron chi connectivity index (χ4n) is 1.94. The number of carbonyl (C=O) groups excluding carboxylic acids is 1. The molecule has 0 aliphatic rings. The summed E-state index contributed by atoms with van der Waals surface area (Å²) in [5.74, 6) is -0.452. The molecule has 1 aromatic carbocycles. The van der Waals surface area contributed by atoms with Gasteiger partial charge in [0.1, 0.15) is 0 Å². The van der Waals surface area contributed by atoms with Crippen LogP contribution >= 0.6 is 0 Å². The molecule has 1 aromatic rings. The van der Waals surface area contributed by atoms with Crippen LogP contribution in [0.15, 0.2) is 24.3 Å². The van der Waals surface area contributed by atoms with E-state index in [0.29, 0.717) is 23.7 Å². The largest absolute Gasteiger partial charge is 0.481 e. The number of para-hydroxylation sites is 1. The van der Waals surface area contributed by atoms with Gasteiger partial charge in [-0.1, -0.05) is 44.9 Å². The van der Waals surface area contributed by atoms with Crippen LogP contribution in [0.5, 0.6) is 0 Å². The number of aliphatic carboxylic acids is 1. The Hall–Kier alpha value is -2.04. The fraction of sp³-hybridized carbons (Fsp3) is 0.467. The van der Waals surface area contributed by atoms with Gasteiger partial charge in [-0.15, -0.1) is 0 Å². The van der Waals surface area contributed by atoms with Crippen molar-refractivity contribution in [2.24, 2.45) is 5.92 Å². The average molecular weight is 278 g/mol. The molecule has 0 spiro atoms. The van der Waals surface area contributed by atoms with Crippen LogP contribution in [-0.2, 0) is 11.2 Å². The third kappa shape index (κ3) is 5.30. The molecule has 20 heavy (non-hydrogen) atoms. The van der Waals surface area contributed by atoms with Crippen molar-refractivity contribution in [1.82, 2.24) is 5.32 Å². The van der Waals surface area contributed by atoms with Crippen molar-refractivity contribution in [2.75, 3.05) is 11.9 Å². The number of carboxylic acid groups (broad SMARTS) is 1. The van der Waals surface area contributed by atoms with Crippen LogP contribution < -0.4 is 10.6 Å². The minimum Gasteiger partial charge on any atom is -0.481 e. The zero-order valence-electron chi connectivity index (χ0n) is 12.0. The van der Waals surface area contributed by atoms with Gasteiger partial charge in [-0.3, -0.25) is 4.79 Å². The molecule has 0 heterocycles. The average Bonchev–Trinajstić information content (AvgIpc) is 2.41. The van der Waals surface area contributed by atoms with Crippen LogP contribution in [0.25, 0.3) is 0 Å². The lowest BCUT2D eigenvalue weighted by atomic mass is 10.0. The van der Waals surface area contributed by atoms with Gasteiger partial charge >= 0.3 is 12.0 Å². The van der Waals surface area contributed by atoms with Gasteiger partial charge in [-0.25, -0.2) is 4.79 Å². The van der Waals surface area contributed by atoms with E-state index in [4.69, 9.17) is 5.11 Å². The molecule has 2 amide bonds. The Bertz CT molecular complexity index is 456. The quantitative estimate of drug-likeness (QED) is 0.717. The number of carbonyl (C=O) groups is 2.